The number of rotatable bonds is 14. The molecule has 0 aromatic carbocycles. The Kier molecular flexibility index (Phi) is 13.4. The van der Waals surface area contributed by atoms with Gasteiger partial charge in [-0.2, -0.15) is 0 Å². The molecule has 12 nitrogen and oxygen atoms in total. The molecule has 1 heterocycles. The molecular formula is C33H58N6O6. The van der Waals surface area contributed by atoms with Crippen LogP contribution in [0.15, 0.2) is 0 Å². The van der Waals surface area contributed by atoms with Gasteiger partial charge in [0.1, 0.15) is 18.1 Å². The number of likely N-dealkylation sites (tertiary alicyclic amines) is 1. The number of nitrogens with zero attached hydrogens (tertiary/aromatic N) is 2. The third kappa shape index (κ3) is 9.90. The fourth-order valence-corrected chi connectivity index (χ4v) is 6.09. The normalized spacial score (nSPS) is 20.8. The number of hydrogen-bond acceptors (Lipinski definition) is 6. The minimum Gasteiger partial charge on any atom is -0.363 e. The predicted octanol–water partition coefficient (Wildman–Crippen LogP) is 2.58. The van der Waals surface area contributed by atoms with E-state index in [1.807, 2.05) is 62.3 Å². The van der Waals surface area contributed by atoms with Crippen LogP contribution in [-0.4, -0.2) is 89.0 Å². The van der Waals surface area contributed by atoms with Crippen LogP contribution in [0.5, 0.6) is 0 Å². The average molecular weight is 635 g/mol. The van der Waals surface area contributed by atoms with Crippen molar-refractivity contribution >= 4 is 35.4 Å². The zero-order valence-electron chi connectivity index (χ0n) is 29.1. The van der Waals surface area contributed by atoms with Gasteiger partial charge in [0.25, 0.3) is 5.91 Å². The fourth-order valence-electron chi connectivity index (χ4n) is 6.09. The van der Waals surface area contributed by atoms with Gasteiger partial charge in [-0.15, -0.1) is 0 Å². The van der Waals surface area contributed by atoms with Gasteiger partial charge in [0.05, 0.1) is 6.04 Å². The number of nitrogens with one attached hydrogen (secondary N) is 3. The lowest BCUT2D eigenvalue weighted by atomic mass is 9.81. The second-order valence-electron chi connectivity index (χ2n) is 15.0. The van der Waals surface area contributed by atoms with E-state index >= 15 is 0 Å². The highest BCUT2D eigenvalue weighted by Gasteiger charge is 2.48. The molecule has 0 radical (unpaired) electrons. The van der Waals surface area contributed by atoms with Crippen LogP contribution >= 0.6 is 0 Å². The number of primary amides is 1. The number of nitrogens with two attached hydrogens (primary N) is 1. The molecule has 0 aromatic heterocycles. The molecule has 1 aliphatic carbocycles. The molecular weight excluding hydrogens is 576 g/mol. The summed E-state index contributed by atoms with van der Waals surface area (Å²) < 4.78 is 0. The Balaban J connectivity index is 2.31. The Bertz CT molecular complexity index is 1100. The number of amides is 6. The molecule has 5 N–H and O–H groups in total. The summed E-state index contributed by atoms with van der Waals surface area (Å²) in [5.74, 6) is -3.02. The lowest BCUT2D eigenvalue weighted by molar-refractivity contribution is -0.144. The third-order valence-corrected chi connectivity index (χ3v) is 9.55. The first kappa shape index (κ1) is 38.0. The maximum atomic E-state index is 14.2. The topological polar surface area (TPSA) is 171 Å². The van der Waals surface area contributed by atoms with E-state index in [2.05, 4.69) is 16.0 Å². The van der Waals surface area contributed by atoms with E-state index in [1.165, 1.54) is 4.90 Å². The monoisotopic (exact) mass is 634 g/mol. The molecule has 2 aliphatic rings. The number of hydrogen-bond donors (Lipinski definition) is 4. The zero-order chi connectivity index (χ0) is 34.4. The summed E-state index contributed by atoms with van der Waals surface area (Å²) in [5, 5.41) is 8.35. The van der Waals surface area contributed by atoms with E-state index < -0.39 is 59.1 Å². The number of likely N-dealkylation sites (N-methyl/N-ethyl adjacent to an activating group) is 1. The van der Waals surface area contributed by atoms with Crippen molar-refractivity contribution in [3.63, 3.8) is 0 Å². The SMILES string of the molecule is CC(C)[C@H](NC(=O)N[C@H](C(=O)N1CC[C@H](C(C)C)[C@H]1C(=O)NC(CCC1CCC1)C(=O)C(N)=O)C(C)(C)C)C(=O)N(C)C(C)C. The Morgan fingerprint density at radius 3 is 1.96 bits per heavy atom. The first-order valence-electron chi connectivity index (χ1n) is 16.6. The maximum Gasteiger partial charge on any atom is 0.316 e. The van der Waals surface area contributed by atoms with Crippen LogP contribution in [0.3, 0.4) is 0 Å². The standard InChI is InChI=1S/C33H58N6O6/c1-18(2)22-16-17-39(25(22)29(42)35-23(26(40)28(34)41)15-14-21-12-11-13-21)31(44)27(33(7,8)9)37-32(45)36-24(19(3)4)30(43)38(10)20(5)6/h18-25,27H,11-17H2,1-10H3,(H2,34,41)(H,35,42)(H2,36,37,45)/t22-,23?,24+,25+,27-/m1/s1. The van der Waals surface area contributed by atoms with Gasteiger partial charge in [-0.05, 0) is 62.2 Å². The van der Waals surface area contributed by atoms with Gasteiger partial charge >= 0.3 is 6.03 Å². The highest BCUT2D eigenvalue weighted by atomic mass is 16.2. The van der Waals surface area contributed by atoms with Crippen molar-refractivity contribution < 1.29 is 28.8 Å². The fraction of sp³-hybridized carbons (Fsp3) is 0.818. The summed E-state index contributed by atoms with van der Waals surface area (Å²) >= 11 is 0. The molecule has 2 fully saturated rings. The van der Waals surface area contributed by atoms with Gasteiger partial charge < -0.3 is 31.5 Å². The van der Waals surface area contributed by atoms with Gasteiger partial charge in [-0.1, -0.05) is 67.7 Å². The van der Waals surface area contributed by atoms with Crippen LogP contribution in [0, 0.1) is 29.1 Å². The lowest BCUT2D eigenvalue weighted by Crippen LogP contribution is -2.62. The van der Waals surface area contributed by atoms with Crippen LogP contribution in [0.25, 0.3) is 0 Å². The van der Waals surface area contributed by atoms with Crippen LogP contribution < -0.4 is 21.7 Å². The first-order chi connectivity index (χ1) is 20.8. The van der Waals surface area contributed by atoms with Crippen molar-refractivity contribution in [2.75, 3.05) is 13.6 Å². The Morgan fingerprint density at radius 2 is 1.51 bits per heavy atom. The molecule has 1 unspecified atom stereocenters. The summed E-state index contributed by atoms with van der Waals surface area (Å²) in [7, 11) is 1.68. The van der Waals surface area contributed by atoms with E-state index in [0.29, 0.717) is 31.7 Å². The van der Waals surface area contributed by atoms with Gasteiger partial charge in [0.15, 0.2) is 0 Å². The number of carbonyl (C=O) groups is 6. The van der Waals surface area contributed by atoms with E-state index in [9.17, 15) is 28.8 Å². The average Bonchev–Trinajstić information content (AvgIpc) is 3.36. The molecule has 256 valence electrons. The van der Waals surface area contributed by atoms with Gasteiger partial charge in [-0.25, -0.2) is 4.79 Å². The zero-order valence-corrected chi connectivity index (χ0v) is 29.1. The Hall–Kier alpha value is -3.18. The van der Waals surface area contributed by atoms with Gasteiger partial charge in [0, 0.05) is 19.6 Å². The van der Waals surface area contributed by atoms with Crippen molar-refractivity contribution in [1.29, 1.82) is 0 Å². The number of Topliss-reactive ketones (excluding diaryl/α,β-unsaturated/α-hetero) is 1. The van der Waals surface area contributed by atoms with Crippen LogP contribution in [0.2, 0.25) is 0 Å². The third-order valence-electron chi connectivity index (χ3n) is 9.55. The minimum atomic E-state index is -1.10. The Morgan fingerprint density at radius 1 is 0.911 bits per heavy atom. The van der Waals surface area contributed by atoms with E-state index in [0.717, 1.165) is 19.3 Å². The molecule has 12 heteroatoms. The van der Waals surface area contributed by atoms with E-state index in [-0.39, 0.29) is 29.7 Å². The highest BCUT2D eigenvalue weighted by molar-refractivity contribution is 6.37. The summed E-state index contributed by atoms with van der Waals surface area (Å²) in [6.07, 6.45) is 4.81. The van der Waals surface area contributed by atoms with Crippen molar-refractivity contribution in [3.05, 3.63) is 0 Å². The van der Waals surface area contributed by atoms with Crippen molar-refractivity contribution in [1.82, 2.24) is 25.8 Å². The highest BCUT2D eigenvalue weighted by Crippen LogP contribution is 2.34. The summed E-state index contributed by atoms with van der Waals surface area (Å²) in [5.41, 5.74) is 4.59. The molecule has 1 saturated carbocycles. The maximum absolute atomic E-state index is 14.2. The summed E-state index contributed by atoms with van der Waals surface area (Å²) in [6, 6.07) is -4.50. The van der Waals surface area contributed by atoms with Crippen molar-refractivity contribution in [2.45, 2.75) is 131 Å². The van der Waals surface area contributed by atoms with Crippen LogP contribution in [0.4, 0.5) is 4.79 Å². The van der Waals surface area contributed by atoms with Gasteiger partial charge in [-0.3, -0.25) is 24.0 Å². The molecule has 0 aromatic rings. The molecule has 1 saturated heterocycles. The first-order valence-corrected chi connectivity index (χ1v) is 16.6. The number of carbonyl (C=O) groups excluding carboxylic acids is 6. The predicted molar refractivity (Wildman–Crippen MR) is 173 cm³/mol. The molecule has 2 rings (SSSR count). The summed E-state index contributed by atoms with van der Waals surface area (Å²) in [6.45, 7) is 17.2. The molecule has 6 amide bonds. The van der Waals surface area contributed by atoms with Crippen LogP contribution in [0.1, 0.15) is 101 Å². The largest absolute Gasteiger partial charge is 0.363 e. The van der Waals surface area contributed by atoms with Crippen molar-refractivity contribution in [3.8, 4) is 0 Å². The molecule has 1 aliphatic heterocycles. The lowest BCUT2D eigenvalue weighted by Gasteiger charge is -2.37. The minimum absolute atomic E-state index is 0.0407. The summed E-state index contributed by atoms with van der Waals surface area (Å²) in [4.78, 5) is 82.2. The van der Waals surface area contributed by atoms with Crippen molar-refractivity contribution in [2.24, 2.45) is 34.8 Å². The number of urea groups is 1. The molecule has 45 heavy (non-hydrogen) atoms. The van der Waals surface area contributed by atoms with Gasteiger partial charge in [0.2, 0.25) is 23.5 Å². The van der Waals surface area contributed by atoms with E-state index in [4.69, 9.17) is 5.73 Å². The molecule has 0 bridgehead atoms. The molecule has 0 spiro atoms. The quantitative estimate of drug-likeness (QED) is 0.214. The second kappa shape index (κ2) is 15.9. The molecule has 5 atom stereocenters. The smallest absolute Gasteiger partial charge is 0.316 e. The second-order valence-corrected chi connectivity index (χ2v) is 15.0. The van der Waals surface area contributed by atoms with Crippen LogP contribution in [-0.2, 0) is 24.0 Å². The Labute approximate surface area is 269 Å². The van der Waals surface area contributed by atoms with E-state index in [1.54, 1.807) is 11.9 Å². The number of ketones is 1.